The van der Waals surface area contributed by atoms with Crippen LogP contribution >= 0.6 is 0 Å². The smallest absolute Gasteiger partial charge is 0.0284 e. The van der Waals surface area contributed by atoms with Gasteiger partial charge in [0.15, 0.2) is 0 Å². The summed E-state index contributed by atoms with van der Waals surface area (Å²) in [5, 5.41) is 0. The minimum atomic E-state index is 0.489. The van der Waals surface area contributed by atoms with Gasteiger partial charge in [-0.25, -0.2) is 0 Å². The largest absolute Gasteiger partial charge is 0.329 e. The van der Waals surface area contributed by atoms with Crippen molar-refractivity contribution in [1.29, 1.82) is 0 Å². The Balaban J connectivity index is 2.29. The fraction of sp³-hybridized carbons (Fsp3) is 0.647. The van der Waals surface area contributed by atoms with E-state index in [0.717, 1.165) is 6.54 Å². The average molecular weight is 260 g/mol. The molecule has 1 aliphatic rings. The van der Waals surface area contributed by atoms with E-state index in [1.54, 1.807) is 0 Å². The van der Waals surface area contributed by atoms with Crippen molar-refractivity contribution < 1.29 is 0 Å². The monoisotopic (exact) mass is 260 g/mol. The van der Waals surface area contributed by atoms with Crippen molar-refractivity contribution in [3.05, 3.63) is 34.4 Å². The second-order valence-corrected chi connectivity index (χ2v) is 6.15. The first-order valence-corrected chi connectivity index (χ1v) is 7.56. The highest BCUT2D eigenvalue weighted by molar-refractivity contribution is 5.40. The number of hydrogen-bond donors (Lipinski definition) is 1. The van der Waals surface area contributed by atoms with Crippen LogP contribution in [-0.2, 0) is 0 Å². The van der Waals surface area contributed by atoms with Gasteiger partial charge in [-0.3, -0.25) is 4.90 Å². The molecular formula is C17H28N2. The molecule has 2 nitrogen and oxygen atoms in total. The number of likely N-dealkylation sites (tertiary alicyclic amines) is 1. The van der Waals surface area contributed by atoms with Crippen molar-refractivity contribution in [1.82, 2.24) is 4.90 Å². The Hall–Kier alpha value is -0.860. The Morgan fingerprint density at radius 1 is 1.11 bits per heavy atom. The van der Waals surface area contributed by atoms with Crippen LogP contribution in [0.15, 0.2) is 12.1 Å². The summed E-state index contributed by atoms with van der Waals surface area (Å²) in [5.74, 6) is 0.517. The van der Waals surface area contributed by atoms with Crippen LogP contribution in [0.1, 0.15) is 47.9 Å². The summed E-state index contributed by atoms with van der Waals surface area (Å²) in [5.41, 5.74) is 11.8. The van der Waals surface area contributed by atoms with Gasteiger partial charge in [-0.1, -0.05) is 24.6 Å². The predicted octanol–water partition coefficient (Wildman–Crippen LogP) is 3.14. The van der Waals surface area contributed by atoms with Gasteiger partial charge >= 0.3 is 0 Å². The van der Waals surface area contributed by atoms with Gasteiger partial charge in [0.25, 0.3) is 0 Å². The fourth-order valence-electron chi connectivity index (χ4n) is 3.84. The normalized spacial score (nSPS) is 19.6. The molecule has 0 radical (unpaired) electrons. The molecule has 0 spiro atoms. The van der Waals surface area contributed by atoms with E-state index in [-0.39, 0.29) is 0 Å². The van der Waals surface area contributed by atoms with Gasteiger partial charge in [0.2, 0.25) is 0 Å². The lowest BCUT2D eigenvalue weighted by Gasteiger charge is -2.33. The molecule has 2 rings (SSSR count). The second kappa shape index (κ2) is 6.06. The van der Waals surface area contributed by atoms with Crippen LogP contribution in [0.5, 0.6) is 0 Å². The molecule has 2 unspecified atom stereocenters. The molecule has 0 bridgehead atoms. The number of nitrogens with zero attached hydrogens (tertiary/aromatic N) is 1. The standard InChI is InChI=1S/C17H28N2/c1-12-9-13(2)17(14(3)10-12)15(4)16(11-18)19-7-5-6-8-19/h9-10,15-16H,5-8,11,18H2,1-4H3. The molecule has 1 aromatic rings. The van der Waals surface area contributed by atoms with Crippen LogP contribution < -0.4 is 5.73 Å². The number of hydrogen-bond acceptors (Lipinski definition) is 2. The van der Waals surface area contributed by atoms with Crippen molar-refractivity contribution in [3.8, 4) is 0 Å². The highest BCUT2D eigenvalue weighted by atomic mass is 15.2. The number of benzene rings is 1. The Morgan fingerprint density at radius 3 is 2.11 bits per heavy atom. The Labute approximate surface area is 118 Å². The molecule has 2 N–H and O–H groups in total. The fourth-order valence-corrected chi connectivity index (χ4v) is 3.84. The maximum absolute atomic E-state index is 6.08. The lowest BCUT2D eigenvalue weighted by atomic mass is 9.85. The third-order valence-electron chi connectivity index (χ3n) is 4.62. The Morgan fingerprint density at radius 2 is 1.63 bits per heavy atom. The van der Waals surface area contributed by atoms with E-state index < -0.39 is 0 Å². The molecule has 106 valence electrons. The highest BCUT2D eigenvalue weighted by Crippen LogP contribution is 2.30. The van der Waals surface area contributed by atoms with Crippen LogP contribution in [0.4, 0.5) is 0 Å². The second-order valence-electron chi connectivity index (χ2n) is 6.15. The molecule has 1 aliphatic heterocycles. The first-order chi connectivity index (χ1) is 9.04. The average Bonchev–Trinajstić information content (AvgIpc) is 2.82. The van der Waals surface area contributed by atoms with Crippen LogP contribution in [0.3, 0.4) is 0 Å². The van der Waals surface area contributed by atoms with Crippen LogP contribution in [0.25, 0.3) is 0 Å². The molecule has 2 heteroatoms. The van der Waals surface area contributed by atoms with Crippen molar-refractivity contribution in [3.63, 3.8) is 0 Å². The van der Waals surface area contributed by atoms with Crippen molar-refractivity contribution >= 4 is 0 Å². The first-order valence-electron chi connectivity index (χ1n) is 7.56. The third-order valence-corrected chi connectivity index (χ3v) is 4.62. The van der Waals surface area contributed by atoms with E-state index in [2.05, 4.69) is 44.7 Å². The van der Waals surface area contributed by atoms with Gasteiger partial charge in [0.1, 0.15) is 0 Å². The Bertz CT molecular complexity index is 410. The Kier molecular flexibility index (Phi) is 4.64. The molecule has 1 heterocycles. The lowest BCUT2D eigenvalue weighted by Crippen LogP contribution is -2.42. The molecule has 19 heavy (non-hydrogen) atoms. The summed E-state index contributed by atoms with van der Waals surface area (Å²) in [7, 11) is 0. The lowest BCUT2D eigenvalue weighted by molar-refractivity contribution is 0.220. The zero-order valence-electron chi connectivity index (χ0n) is 12.9. The van der Waals surface area contributed by atoms with E-state index in [9.17, 15) is 0 Å². The minimum absolute atomic E-state index is 0.489. The summed E-state index contributed by atoms with van der Waals surface area (Å²) in [6, 6.07) is 5.09. The van der Waals surface area contributed by atoms with Gasteiger partial charge in [-0.15, -0.1) is 0 Å². The number of rotatable bonds is 4. The summed E-state index contributed by atoms with van der Waals surface area (Å²) >= 11 is 0. The number of aryl methyl sites for hydroxylation is 3. The van der Waals surface area contributed by atoms with E-state index >= 15 is 0 Å². The van der Waals surface area contributed by atoms with Crippen molar-refractivity contribution in [2.75, 3.05) is 19.6 Å². The van der Waals surface area contributed by atoms with Gasteiger partial charge in [0.05, 0.1) is 0 Å². The molecule has 0 aliphatic carbocycles. The molecule has 1 fully saturated rings. The molecule has 0 aromatic heterocycles. The van der Waals surface area contributed by atoms with E-state index in [0.29, 0.717) is 12.0 Å². The van der Waals surface area contributed by atoms with E-state index in [4.69, 9.17) is 5.73 Å². The van der Waals surface area contributed by atoms with Crippen LogP contribution in [-0.4, -0.2) is 30.6 Å². The summed E-state index contributed by atoms with van der Waals surface area (Å²) in [6.07, 6.45) is 2.66. The van der Waals surface area contributed by atoms with Gasteiger partial charge in [0, 0.05) is 12.6 Å². The summed E-state index contributed by atoms with van der Waals surface area (Å²) in [6.45, 7) is 12.2. The van der Waals surface area contributed by atoms with Crippen molar-refractivity contribution in [2.45, 2.75) is 52.5 Å². The highest BCUT2D eigenvalue weighted by Gasteiger charge is 2.28. The van der Waals surface area contributed by atoms with E-state index in [1.165, 1.54) is 48.2 Å². The minimum Gasteiger partial charge on any atom is -0.329 e. The van der Waals surface area contributed by atoms with Gasteiger partial charge in [-0.2, -0.15) is 0 Å². The first kappa shape index (κ1) is 14.5. The maximum atomic E-state index is 6.08. The zero-order valence-corrected chi connectivity index (χ0v) is 12.9. The van der Waals surface area contributed by atoms with Crippen LogP contribution in [0, 0.1) is 20.8 Å². The van der Waals surface area contributed by atoms with Crippen molar-refractivity contribution in [2.24, 2.45) is 5.73 Å². The molecule has 1 saturated heterocycles. The SMILES string of the molecule is Cc1cc(C)c(C(C)C(CN)N2CCCC2)c(C)c1. The third kappa shape index (κ3) is 3.01. The molecule has 0 saturated carbocycles. The maximum Gasteiger partial charge on any atom is 0.0284 e. The molecule has 1 aromatic carbocycles. The quantitative estimate of drug-likeness (QED) is 0.901. The summed E-state index contributed by atoms with van der Waals surface area (Å²) < 4.78 is 0. The number of nitrogens with two attached hydrogens (primary N) is 1. The van der Waals surface area contributed by atoms with Crippen LogP contribution in [0.2, 0.25) is 0 Å². The van der Waals surface area contributed by atoms with Gasteiger partial charge < -0.3 is 5.73 Å². The predicted molar refractivity (Wildman–Crippen MR) is 82.7 cm³/mol. The summed E-state index contributed by atoms with van der Waals surface area (Å²) in [4.78, 5) is 2.59. The van der Waals surface area contributed by atoms with Gasteiger partial charge in [-0.05, 0) is 69.3 Å². The van der Waals surface area contributed by atoms with E-state index in [1.807, 2.05) is 0 Å². The zero-order chi connectivity index (χ0) is 14.0. The topological polar surface area (TPSA) is 29.3 Å². The molecule has 0 amide bonds. The molecular weight excluding hydrogens is 232 g/mol. The molecule has 2 atom stereocenters.